The van der Waals surface area contributed by atoms with Gasteiger partial charge in [0, 0.05) is 22.8 Å². The Hall–Kier alpha value is -1.86. The summed E-state index contributed by atoms with van der Waals surface area (Å²) in [5.41, 5.74) is 1.74. The first kappa shape index (κ1) is 14.1. The zero-order valence-electron chi connectivity index (χ0n) is 11.1. The first-order chi connectivity index (χ1) is 10.2. The van der Waals surface area contributed by atoms with Crippen molar-refractivity contribution in [1.29, 1.82) is 0 Å². The van der Waals surface area contributed by atoms with Gasteiger partial charge in [-0.05, 0) is 24.3 Å². The number of hydrogen-bond donors (Lipinski definition) is 1. The lowest BCUT2D eigenvalue weighted by Crippen LogP contribution is -2.34. The van der Waals surface area contributed by atoms with E-state index in [1.54, 1.807) is 22.4 Å². The Balaban J connectivity index is 1.60. The predicted molar refractivity (Wildman–Crippen MR) is 85.2 cm³/mol. The van der Waals surface area contributed by atoms with Crippen molar-refractivity contribution in [2.24, 2.45) is 0 Å². The molecule has 2 heterocycles. The minimum Gasteiger partial charge on any atom is -0.325 e. The standard InChI is InChI=1S/C14H13N3O2S2/c18-12(7-17-9-20-8-13(17)19)16-11-3-1-10(2-4-11)14-15-5-6-21-14/h1-6H,7-9H2,(H,16,18). The third kappa shape index (κ3) is 3.43. The van der Waals surface area contributed by atoms with Gasteiger partial charge in [0.1, 0.15) is 11.6 Å². The number of nitrogens with zero attached hydrogens (tertiary/aromatic N) is 2. The number of thiazole rings is 1. The second-order valence-electron chi connectivity index (χ2n) is 4.53. The van der Waals surface area contributed by atoms with E-state index >= 15 is 0 Å². The van der Waals surface area contributed by atoms with Crippen molar-refractivity contribution >= 4 is 40.6 Å². The maximum atomic E-state index is 11.9. The largest absolute Gasteiger partial charge is 0.325 e. The molecule has 0 saturated carbocycles. The smallest absolute Gasteiger partial charge is 0.244 e. The fourth-order valence-corrected chi connectivity index (χ4v) is 3.52. The summed E-state index contributed by atoms with van der Waals surface area (Å²) in [6.07, 6.45) is 1.76. The van der Waals surface area contributed by atoms with E-state index in [0.29, 0.717) is 11.6 Å². The number of hydrogen-bond acceptors (Lipinski definition) is 5. The lowest BCUT2D eigenvalue weighted by Gasteiger charge is -2.14. The molecule has 2 amide bonds. The highest BCUT2D eigenvalue weighted by Gasteiger charge is 2.22. The molecule has 2 aromatic rings. The van der Waals surface area contributed by atoms with Crippen molar-refractivity contribution < 1.29 is 9.59 Å². The lowest BCUT2D eigenvalue weighted by molar-refractivity contribution is -0.130. The van der Waals surface area contributed by atoms with Crippen molar-refractivity contribution in [3.8, 4) is 10.6 Å². The van der Waals surface area contributed by atoms with Crippen LogP contribution in [0.25, 0.3) is 10.6 Å². The topological polar surface area (TPSA) is 62.3 Å². The van der Waals surface area contributed by atoms with E-state index in [2.05, 4.69) is 10.3 Å². The molecule has 0 unspecified atom stereocenters. The van der Waals surface area contributed by atoms with Crippen LogP contribution >= 0.6 is 23.1 Å². The molecule has 1 aliphatic heterocycles. The Kier molecular flexibility index (Phi) is 4.21. The second kappa shape index (κ2) is 6.28. The number of thioether (sulfide) groups is 1. The molecule has 1 aromatic carbocycles. The molecule has 0 bridgehead atoms. The van der Waals surface area contributed by atoms with Crippen LogP contribution in [0.5, 0.6) is 0 Å². The van der Waals surface area contributed by atoms with E-state index in [0.717, 1.165) is 16.3 Å². The molecule has 1 fully saturated rings. The molecule has 5 nitrogen and oxygen atoms in total. The fourth-order valence-electron chi connectivity index (χ4n) is 1.98. The van der Waals surface area contributed by atoms with Crippen LogP contribution in [0.15, 0.2) is 35.8 Å². The van der Waals surface area contributed by atoms with Gasteiger partial charge in [-0.1, -0.05) is 0 Å². The number of rotatable bonds is 4. The molecule has 7 heteroatoms. The Morgan fingerprint density at radius 1 is 1.33 bits per heavy atom. The molecule has 0 radical (unpaired) electrons. The number of aromatic nitrogens is 1. The van der Waals surface area contributed by atoms with E-state index in [-0.39, 0.29) is 18.4 Å². The van der Waals surface area contributed by atoms with Crippen LogP contribution in [0.4, 0.5) is 5.69 Å². The van der Waals surface area contributed by atoms with Crippen LogP contribution in [-0.4, -0.2) is 39.9 Å². The van der Waals surface area contributed by atoms with Crippen LogP contribution in [0, 0.1) is 0 Å². The molecule has 1 aromatic heterocycles. The molecular weight excluding hydrogens is 306 g/mol. The summed E-state index contributed by atoms with van der Waals surface area (Å²) in [7, 11) is 0. The average molecular weight is 319 g/mol. The summed E-state index contributed by atoms with van der Waals surface area (Å²) in [5, 5.41) is 5.68. The van der Waals surface area contributed by atoms with Gasteiger partial charge < -0.3 is 10.2 Å². The second-order valence-corrected chi connectivity index (χ2v) is 6.38. The van der Waals surface area contributed by atoms with Gasteiger partial charge in [0.05, 0.1) is 11.6 Å². The summed E-state index contributed by atoms with van der Waals surface area (Å²) in [4.78, 5) is 29.2. The number of carbonyl (C=O) groups is 2. The minimum absolute atomic E-state index is 0.0225. The molecular formula is C14H13N3O2S2. The van der Waals surface area contributed by atoms with Gasteiger partial charge in [0.25, 0.3) is 0 Å². The third-order valence-corrected chi connectivity index (χ3v) is 4.78. The molecule has 0 atom stereocenters. The number of nitrogens with one attached hydrogen (secondary N) is 1. The predicted octanol–water partition coefficient (Wildman–Crippen LogP) is 2.28. The molecule has 1 aliphatic rings. The van der Waals surface area contributed by atoms with Gasteiger partial charge in [-0.3, -0.25) is 9.59 Å². The minimum atomic E-state index is -0.173. The quantitative estimate of drug-likeness (QED) is 0.939. The third-order valence-electron chi connectivity index (χ3n) is 3.01. The Labute approximate surface area is 130 Å². The number of benzene rings is 1. The highest BCUT2D eigenvalue weighted by atomic mass is 32.2. The first-order valence-electron chi connectivity index (χ1n) is 6.38. The van der Waals surface area contributed by atoms with Gasteiger partial charge in [-0.25, -0.2) is 4.98 Å². The van der Waals surface area contributed by atoms with E-state index in [1.165, 1.54) is 11.8 Å². The maximum Gasteiger partial charge on any atom is 0.244 e. The normalized spacial score (nSPS) is 14.5. The van der Waals surface area contributed by atoms with E-state index in [9.17, 15) is 9.59 Å². The van der Waals surface area contributed by atoms with Crippen molar-refractivity contribution in [3.63, 3.8) is 0 Å². The van der Waals surface area contributed by atoms with Crippen LogP contribution in [0.3, 0.4) is 0 Å². The molecule has 3 rings (SSSR count). The monoisotopic (exact) mass is 319 g/mol. The van der Waals surface area contributed by atoms with Crippen molar-refractivity contribution in [2.45, 2.75) is 0 Å². The molecule has 0 spiro atoms. The molecule has 21 heavy (non-hydrogen) atoms. The zero-order valence-corrected chi connectivity index (χ0v) is 12.7. The van der Waals surface area contributed by atoms with Gasteiger partial charge in [-0.15, -0.1) is 23.1 Å². The average Bonchev–Trinajstić information content (AvgIpc) is 3.12. The highest BCUT2D eigenvalue weighted by Crippen LogP contribution is 2.23. The number of anilines is 1. The molecule has 1 N–H and O–H groups in total. The Morgan fingerprint density at radius 3 is 2.76 bits per heavy atom. The van der Waals surface area contributed by atoms with Crippen LogP contribution in [0.2, 0.25) is 0 Å². The van der Waals surface area contributed by atoms with E-state index in [1.807, 2.05) is 29.6 Å². The van der Waals surface area contributed by atoms with Gasteiger partial charge in [0.2, 0.25) is 11.8 Å². The Morgan fingerprint density at radius 2 is 2.14 bits per heavy atom. The zero-order chi connectivity index (χ0) is 14.7. The van der Waals surface area contributed by atoms with Crippen molar-refractivity contribution in [3.05, 3.63) is 35.8 Å². The number of amides is 2. The fraction of sp³-hybridized carbons (Fsp3) is 0.214. The summed E-state index contributed by atoms with van der Waals surface area (Å²) in [5.74, 6) is 0.910. The molecule has 0 aliphatic carbocycles. The molecule has 1 saturated heterocycles. The first-order valence-corrected chi connectivity index (χ1v) is 8.41. The van der Waals surface area contributed by atoms with Crippen LogP contribution < -0.4 is 5.32 Å². The summed E-state index contributed by atoms with van der Waals surface area (Å²) >= 11 is 3.10. The van der Waals surface area contributed by atoms with Gasteiger partial charge in [0.15, 0.2) is 0 Å². The Bertz CT molecular complexity index is 641. The van der Waals surface area contributed by atoms with Gasteiger partial charge >= 0.3 is 0 Å². The van der Waals surface area contributed by atoms with E-state index < -0.39 is 0 Å². The van der Waals surface area contributed by atoms with Crippen LogP contribution in [0.1, 0.15) is 0 Å². The summed E-state index contributed by atoms with van der Waals surface area (Å²) in [6.45, 7) is 0.111. The lowest BCUT2D eigenvalue weighted by atomic mass is 10.2. The number of carbonyl (C=O) groups excluding carboxylic acids is 2. The van der Waals surface area contributed by atoms with E-state index in [4.69, 9.17) is 0 Å². The van der Waals surface area contributed by atoms with Crippen molar-refractivity contribution in [2.75, 3.05) is 23.5 Å². The van der Waals surface area contributed by atoms with Crippen molar-refractivity contribution in [1.82, 2.24) is 9.88 Å². The van der Waals surface area contributed by atoms with Gasteiger partial charge in [-0.2, -0.15) is 0 Å². The summed E-state index contributed by atoms with van der Waals surface area (Å²) in [6, 6.07) is 7.53. The molecule has 108 valence electrons. The highest BCUT2D eigenvalue weighted by molar-refractivity contribution is 8.00. The SMILES string of the molecule is O=C(CN1CSCC1=O)Nc1ccc(-c2nccs2)cc1. The maximum absolute atomic E-state index is 11.9. The van der Waals surface area contributed by atoms with Crippen LogP contribution in [-0.2, 0) is 9.59 Å². The summed E-state index contributed by atoms with van der Waals surface area (Å²) < 4.78 is 0.